The van der Waals surface area contributed by atoms with E-state index in [0.29, 0.717) is 25.7 Å². The molecule has 104 valence electrons. The summed E-state index contributed by atoms with van der Waals surface area (Å²) in [5.41, 5.74) is 10.3. The van der Waals surface area contributed by atoms with Gasteiger partial charge < -0.3 is 21.7 Å². The second-order valence-corrected chi connectivity index (χ2v) is 3.62. The summed E-state index contributed by atoms with van der Waals surface area (Å²) in [7, 11) is 0. The Morgan fingerprint density at radius 3 is 1.39 bits per heavy atom. The van der Waals surface area contributed by atoms with Crippen molar-refractivity contribution >= 4 is 11.9 Å². The molecular weight excluding hydrogens is 236 g/mol. The maximum atomic E-state index is 10.0. The first-order chi connectivity index (χ1) is 8.36. The Hall–Kier alpha value is -1.66. The third-order valence-corrected chi connectivity index (χ3v) is 2.00. The molecule has 2 atom stereocenters. The topological polar surface area (TPSA) is 127 Å². The molecule has 0 aromatic heterocycles. The van der Waals surface area contributed by atoms with Crippen LogP contribution >= 0.6 is 0 Å². The van der Waals surface area contributed by atoms with Crippen molar-refractivity contribution in [2.75, 3.05) is 0 Å². The van der Waals surface area contributed by atoms with Crippen LogP contribution in [-0.2, 0) is 9.59 Å². The highest BCUT2D eigenvalue weighted by atomic mass is 16.4. The van der Waals surface area contributed by atoms with E-state index in [-0.39, 0.29) is 0 Å². The third kappa shape index (κ3) is 12.4. The lowest BCUT2D eigenvalue weighted by atomic mass is 10.2. The van der Waals surface area contributed by atoms with Crippen molar-refractivity contribution in [3.8, 4) is 0 Å². The first kappa shape index (κ1) is 18.7. The third-order valence-electron chi connectivity index (χ3n) is 2.00. The quantitative estimate of drug-likeness (QED) is 0.475. The second-order valence-electron chi connectivity index (χ2n) is 3.62. The minimum atomic E-state index is -0.947. The van der Waals surface area contributed by atoms with Crippen LogP contribution in [0.4, 0.5) is 0 Å². The van der Waals surface area contributed by atoms with Crippen molar-refractivity contribution < 1.29 is 19.8 Å². The molecule has 6 heteroatoms. The highest BCUT2D eigenvalue weighted by Crippen LogP contribution is 1.94. The molecule has 0 fully saturated rings. The summed E-state index contributed by atoms with van der Waals surface area (Å²) in [6.45, 7) is 6.89. The maximum Gasteiger partial charge on any atom is 0.320 e. The highest BCUT2D eigenvalue weighted by Gasteiger charge is 2.08. The summed E-state index contributed by atoms with van der Waals surface area (Å²) in [5, 5.41) is 16.5. The minimum Gasteiger partial charge on any atom is -0.480 e. The molecule has 0 rings (SSSR count). The van der Waals surface area contributed by atoms with Crippen molar-refractivity contribution in [2.45, 2.75) is 37.8 Å². The van der Waals surface area contributed by atoms with Crippen LogP contribution in [0, 0.1) is 0 Å². The smallest absolute Gasteiger partial charge is 0.320 e. The molecule has 0 saturated carbocycles. The number of carboxylic acids is 2. The fourth-order valence-electron chi connectivity index (χ4n) is 0.842. The molecule has 0 aliphatic rings. The first-order valence-corrected chi connectivity index (χ1v) is 5.55. The van der Waals surface area contributed by atoms with E-state index in [1.807, 2.05) is 0 Å². The average Bonchev–Trinajstić information content (AvgIpc) is 2.33. The molecule has 18 heavy (non-hydrogen) atoms. The van der Waals surface area contributed by atoms with Gasteiger partial charge in [-0.15, -0.1) is 13.2 Å². The van der Waals surface area contributed by atoms with Gasteiger partial charge in [0.05, 0.1) is 0 Å². The number of hydrogen-bond donors (Lipinski definition) is 4. The maximum absolute atomic E-state index is 10.0. The van der Waals surface area contributed by atoms with Crippen molar-refractivity contribution in [3.05, 3.63) is 25.3 Å². The summed E-state index contributed by atoms with van der Waals surface area (Å²) in [4.78, 5) is 20.1. The molecule has 0 amide bonds. The minimum absolute atomic E-state index is 0.471. The molecule has 6 N–H and O–H groups in total. The van der Waals surface area contributed by atoms with Gasteiger partial charge >= 0.3 is 11.9 Å². The number of rotatable bonds is 8. The largest absolute Gasteiger partial charge is 0.480 e. The van der Waals surface area contributed by atoms with Gasteiger partial charge in [0.2, 0.25) is 0 Å². The lowest BCUT2D eigenvalue weighted by Gasteiger charge is -2.01. The summed E-state index contributed by atoms with van der Waals surface area (Å²) in [5.74, 6) is -1.89. The Balaban J connectivity index is 0. The van der Waals surface area contributed by atoms with Gasteiger partial charge in [-0.3, -0.25) is 9.59 Å². The van der Waals surface area contributed by atoms with Crippen LogP contribution in [0.1, 0.15) is 25.7 Å². The van der Waals surface area contributed by atoms with E-state index in [0.717, 1.165) is 0 Å². The summed E-state index contributed by atoms with van der Waals surface area (Å²) in [6.07, 6.45) is 5.57. The fourth-order valence-corrected chi connectivity index (χ4v) is 0.842. The number of carbonyl (C=O) groups is 2. The van der Waals surface area contributed by atoms with E-state index in [1.54, 1.807) is 12.2 Å². The molecule has 0 saturated heterocycles. The van der Waals surface area contributed by atoms with Crippen molar-refractivity contribution in [1.29, 1.82) is 0 Å². The number of nitrogens with two attached hydrogens (primary N) is 2. The monoisotopic (exact) mass is 258 g/mol. The van der Waals surface area contributed by atoms with Crippen LogP contribution in [-0.4, -0.2) is 34.2 Å². The van der Waals surface area contributed by atoms with Crippen molar-refractivity contribution in [1.82, 2.24) is 0 Å². The molecule has 0 aromatic rings. The van der Waals surface area contributed by atoms with Gasteiger partial charge in [0.25, 0.3) is 0 Å². The lowest BCUT2D eigenvalue weighted by Crippen LogP contribution is -2.29. The Kier molecular flexibility index (Phi) is 12.3. The van der Waals surface area contributed by atoms with Gasteiger partial charge in [0.1, 0.15) is 12.1 Å². The van der Waals surface area contributed by atoms with Gasteiger partial charge in [0, 0.05) is 0 Å². The van der Waals surface area contributed by atoms with Crippen LogP contribution in [0.25, 0.3) is 0 Å². The zero-order valence-corrected chi connectivity index (χ0v) is 10.4. The zero-order valence-electron chi connectivity index (χ0n) is 10.4. The van der Waals surface area contributed by atoms with Gasteiger partial charge in [-0.2, -0.15) is 0 Å². The summed E-state index contributed by atoms with van der Waals surface area (Å²) in [6, 6.07) is -1.47. The van der Waals surface area contributed by atoms with E-state index >= 15 is 0 Å². The number of hydrogen-bond acceptors (Lipinski definition) is 4. The molecule has 0 spiro atoms. The Morgan fingerprint density at radius 1 is 0.944 bits per heavy atom. The van der Waals surface area contributed by atoms with E-state index in [1.165, 1.54) is 0 Å². The predicted molar refractivity (Wildman–Crippen MR) is 70.1 cm³/mol. The van der Waals surface area contributed by atoms with Crippen LogP contribution in [0.3, 0.4) is 0 Å². The number of carboxylic acid groups (broad SMARTS) is 2. The Morgan fingerprint density at radius 2 is 1.22 bits per heavy atom. The van der Waals surface area contributed by atoms with Gasteiger partial charge in [-0.05, 0) is 25.7 Å². The molecule has 0 radical (unpaired) electrons. The van der Waals surface area contributed by atoms with Crippen LogP contribution < -0.4 is 11.5 Å². The van der Waals surface area contributed by atoms with Crippen LogP contribution in [0.5, 0.6) is 0 Å². The average molecular weight is 258 g/mol. The van der Waals surface area contributed by atoms with Gasteiger partial charge in [-0.1, -0.05) is 12.2 Å². The molecule has 0 aliphatic heterocycles. The molecule has 0 aromatic carbocycles. The van der Waals surface area contributed by atoms with Crippen molar-refractivity contribution in [2.24, 2.45) is 11.5 Å². The molecule has 0 bridgehead atoms. The predicted octanol–water partition coefficient (Wildman–Crippen LogP) is 0.729. The Bertz CT molecular complexity index is 251. The standard InChI is InChI=1S/2C6H11NO2/c2*1-2-3-4-5(7)6(8)9/h2*2,5H,1,3-4,7H2,(H,8,9)/t2*5-/m10/s1. The second kappa shape index (κ2) is 11.8. The van der Waals surface area contributed by atoms with E-state index in [9.17, 15) is 9.59 Å². The van der Waals surface area contributed by atoms with Gasteiger partial charge in [-0.25, -0.2) is 0 Å². The van der Waals surface area contributed by atoms with Gasteiger partial charge in [0.15, 0.2) is 0 Å². The SMILES string of the molecule is C=CCC[C@@H](N)C(=O)O.C=CCC[C@H](N)C(=O)O. The molecular formula is C12H22N2O4. The molecule has 6 nitrogen and oxygen atoms in total. The molecule has 0 heterocycles. The van der Waals surface area contributed by atoms with Crippen molar-refractivity contribution in [3.63, 3.8) is 0 Å². The number of allylic oxidation sites excluding steroid dienone is 2. The summed E-state index contributed by atoms with van der Waals surface area (Å²) >= 11 is 0. The Labute approximate surface area is 107 Å². The van der Waals surface area contributed by atoms with E-state index in [4.69, 9.17) is 21.7 Å². The van der Waals surface area contributed by atoms with E-state index < -0.39 is 24.0 Å². The molecule has 0 unspecified atom stereocenters. The van der Waals surface area contributed by atoms with E-state index in [2.05, 4.69) is 13.2 Å². The van der Waals surface area contributed by atoms with Crippen LogP contribution in [0.2, 0.25) is 0 Å². The fraction of sp³-hybridized carbons (Fsp3) is 0.500. The molecule has 0 aliphatic carbocycles. The van der Waals surface area contributed by atoms with Crippen LogP contribution in [0.15, 0.2) is 25.3 Å². The first-order valence-electron chi connectivity index (χ1n) is 5.55. The zero-order chi connectivity index (χ0) is 14.6. The number of aliphatic carboxylic acids is 2. The normalized spacial score (nSPS) is 12.6. The lowest BCUT2D eigenvalue weighted by molar-refractivity contribution is -0.139. The summed E-state index contributed by atoms with van der Waals surface area (Å²) < 4.78 is 0. The highest BCUT2D eigenvalue weighted by molar-refractivity contribution is 5.73.